The predicted octanol–water partition coefficient (Wildman–Crippen LogP) is 1.57. The maximum atomic E-state index is 13.4. The highest BCUT2D eigenvalue weighted by Gasteiger charge is 2.29. The quantitative estimate of drug-likeness (QED) is 0.508. The predicted molar refractivity (Wildman–Crippen MR) is 151 cm³/mol. The Hall–Kier alpha value is -3.80. The number of benzene rings is 1. The van der Waals surface area contributed by atoms with Gasteiger partial charge in [-0.15, -0.1) is 0 Å². The van der Waals surface area contributed by atoms with Crippen LogP contribution in [0.3, 0.4) is 0 Å². The molecule has 0 saturated carbocycles. The van der Waals surface area contributed by atoms with Crippen molar-refractivity contribution in [1.82, 2.24) is 35.6 Å². The second-order valence-corrected chi connectivity index (χ2v) is 11.1. The highest BCUT2D eigenvalue weighted by molar-refractivity contribution is 5.88. The van der Waals surface area contributed by atoms with Gasteiger partial charge >= 0.3 is 0 Å². The molecular formula is C29H41N7O5. The zero-order valence-corrected chi connectivity index (χ0v) is 24.1. The Kier molecular flexibility index (Phi) is 10.4. The third kappa shape index (κ3) is 8.35. The summed E-state index contributed by atoms with van der Waals surface area (Å²) in [4.78, 5) is 58.7. The summed E-state index contributed by atoms with van der Waals surface area (Å²) in [5.41, 5.74) is 0.779. The Morgan fingerprint density at radius 2 is 1.85 bits per heavy atom. The van der Waals surface area contributed by atoms with Crippen LogP contribution in [0.4, 0.5) is 0 Å². The van der Waals surface area contributed by atoms with E-state index < -0.39 is 18.2 Å². The van der Waals surface area contributed by atoms with Crippen molar-refractivity contribution in [1.29, 1.82) is 0 Å². The normalized spacial score (nSPS) is 23.4. The molecule has 222 valence electrons. The van der Waals surface area contributed by atoms with Gasteiger partial charge in [-0.1, -0.05) is 44.2 Å². The zero-order valence-electron chi connectivity index (χ0n) is 24.1. The minimum atomic E-state index is -0.737. The highest BCUT2D eigenvalue weighted by Crippen LogP contribution is 2.20. The van der Waals surface area contributed by atoms with E-state index in [0.717, 1.165) is 12.0 Å². The summed E-state index contributed by atoms with van der Waals surface area (Å²) < 4.78 is 7.09. The molecule has 2 aliphatic heterocycles. The topological polar surface area (TPSA) is 148 Å². The lowest BCUT2D eigenvalue weighted by atomic mass is 10.0. The highest BCUT2D eigenvalue weighted by atomic mass is 16.5. The Balaban J connectivity index is 1.60. The molecule has 2 aromatic rings. The lowest BCUT2D eigenvalue weighted by Crippen LogP contribution is -2.48. The van der Waals surface area contributed by atoms with Gasteiger partial charge in [-0.05, 0) is 38.5 Å². The van der Waals surface area contributed by atoms with Crippen molar-refractivity contribution in [3.63, 3.8) is 0 Å². The molecule has 1 saturated heterocycles. The van der Waals surface area contributed by atoms with Crippen LogP contribution in [0.5, 0.6) is 0 Å². The number of rotatable bonds is 4. The monoisotopic (exact) mass is 567 g/mol. The first-order valence-electron chi connectivity index (χ1n) is 14.5. The van der Waals surface area contributed by atoms with Gasteiger partial charge in [0.15, 0.2) is 5.82 Å². The first-order chi connectivity index (χ1) is 19.7. The van der Waals surface area contributed by atoms with E-state index in [1.807, 2.05) is 44.2 Å². The first kappa shape index (κ1) is 30.2. The van der Waals surface area contributed by atoms with Gasteiger partial charge in [-0.2, -0.15) is 5.10 Å². The molecule has 4 amide bonds. The second kappa shape index (κ2) is 14.2. The summed E-state index contributed by atoms with van der Waals surface area (Å²) in [5.74, 6) is -0.00289. The Bertz CT molecular complexity index is 1210. The van der Waals surface area contributed by atoms with Gasteiger partial charge in [0.25, 0.3) is 5.91 Å². The van der Waals surface area contributed by atoms with Crippen molar-refractivity contribution in [2.24, 2.45) is 5.92 Å². The number of aromatic nitrogens is 3. The van der Waals surface area contributed by atoms with Crippen LogP contribution in [0.25, 0.3) is 11.4 Å². The van der Waals surface area contributed by atoms with E-state index in [4.69, 9.17) is 4.74 Å². The molecule has 0 spiro atoms. The fourth-order valence-corrected chi connectivity index (χ4v) is 5.11. The van der Waals surface area contributed by atoms with Crippen LogP contribution in [0.1, 0.15) is 64.7 Å². The van der Waals surface area contributed by atoms with Gasteiger partial charge < -0.3 is 25.6 Å². The molecule has 12 nitrogen and oxygen atoms in total. The Labute approximate surface area is 240 Å². The molecule has 0 bridgehead atoms. The van der Waals surface area contributed by atoms with Gasteiger partial charge in [0.2, 0.25) is 17.7 Å². The minimum Gasteiger partial charge on any atom is -0.368 e. The largest absolute Gasteiger partial charge is 0.368 e. The summed E-state index contributed by atoms with van der Waals surface area (Å²) in [5, 5.41) is 13.3. The molecule has 12 heteroatoms. The fourth-order valence-electron chi connectivity index (χ4n) is 5.11. The summed E-state index contributed by atoms with van der Waals surface area (Å²) in [7, 11) is 0. The van der Waals surface area contributed by atoms with E-state index in [0.29, 0.717) is 44.1 Å². The van der Waals surface area contributed by atoms with Crippen LogP contribution in [0, 0.1) is 5.92 Å². The van der Waals surface area contributed by atoms with Crippen molar-refractivity contribution in [3.05, 3.63) is 36.2 Å². The molecule has 2 aliphatic rings. The van der Waals surface area contributed by atoms with E-state index >= 15 is 0 Å². The fraction of sp³-hybridized carbons (Fsp3) is 0.586. The summed E-state index contributed by atoms with van der Waals surface area (Å²) in [6.45, 7) is 7.06. The average molecular weight is 568 g/mol. The zero-order chi connectivity index (χ0) is 29.4. The van der Waals surface area contributed by atoms with Crippen LogP contribution in [-0.4, -0.2) is 81.7 Å². The van der Waals surface area contributed by atoms with E-state index in [1.165, 1.54) is 4.68 Å². The summed E-state index contributed by atoms with van der Waals surface area (Å²) in [6.07, 6.45) is 2.03. The maximum Gasteiger partial charge on any atom is 0.251 e. The van der Waals surface area contributed by atoms with Crippen molar-refractivity contribution in [2.75, 3.05) is 26.2 Å². The lowest BCUT2D eigenvalue weighted by molar-refractivity contribution is -0.141. The lowest BCUT2D eigenvalue weighted by Gasteiger charge is -2.25. The average Bonchev–Trinajstić information content (AvgIpc) is 3.62. The van der Waals surface area contributed by atoms with E-state index in [9.17, 15) is 19.2 Å². The van der Waals surface area contributed by atoms with Gasteiger partial charge in [0.1, 0.15) is 24.5 Å². The molecule has 4 rings (SSSR count). The number of nitrogens with zero attached hydrogens (tertiary/aromatic N) is 4. The van der Waals surface area contributed by atoms with Crippen LogP contribution in [0.15, 0.2) is 30.3 Å². The molecule has 1 aromatic carbocycles. The smallest absolute Gasteiger partial charge is 0.251 e. The van der Waals surface area contributed by atoms with E-state index in [1.54, 1.807) is 11.8 Å². The number of carbonyl (C=O) groups excluding carboxylic acids is 4. The van der Waals surface area contributed by atoms with Crippen LogP contribution < -0.4 is 16.0 Å². The number of ether oxygens (including phenoxy) is 1. The van der Waals surface area contributed by atoms with Crippen molar-refractivity contribution < 1.29 is 23.9 Å². The molecule has 0 radical (unpaired) electrons. The first-order valence-corrected chi connectivity index (χ1v) is 14.5. The van der Waals surface area contributed by atoms with Crippen molar-refractivity contribution >= 4 is 23.6 Å². The Morgan fingerprint density at radius 3 is 2.56 bits per heavy atom. The third-order valence-electron chi connectivity index (χ3n) is 7.18. The second-order valence-electron chi connectivity index (χ2n) is 11.1. The van der Waals surface area contributed by atoms with Crippen molar-refractivity contribution in [3.8, 4) is 11.4 Å². The number of hydrogen-bond donors (Lipinski definition) is 3. The van der Waals surface area contributed by atoms with Gasteiger partial charge in [-0.25, -0.2) is 9.67 Å². The number of amides is 4. The molecule has 3 heterocycles. The van der Waals surface area contributed by atoms with E-state index in [2.05, 4.69) is 26.0 Å². The molecule has 41 heavy (non-hydrogen) atoms. The summed E-state index contributed by atoms with van der Waals surface area (Å²) in [6, 6.07) is 8.07. The molecule has 0 aliphatic carbocycles. The standard InChI is InChI=1S/C29H41N7O5/c1-19(2)17-22-28(39)31-20(3)27-33-26(21-9-5-4-6-10-21)34-36(27)18-25(38)30-13-15-35(14-7-12-24(37)32-22)29(40)23-11-8-16-41-23/h4-6,9-10,19-20,22-23H,7-8,11-18H2,1-3H3,(H,30,38)(H,31,39)(H,32,37)/t20-,22+,23+/m0/s1. The molecule has 1 aromatic heterocycles. The number of nitrogens with one attached hydrogen (secondary N) is 3. The number of fused-ring (bicyclic) bond motifs is 1. The minimum absolute atomic E-state index is 0.110. The molecular weight excluding hydrogens is 526 g/mol. The van der Waals surface area contributed by atoms with Crippen LogP contribution >= 0.6 is 0 Å². The molecule has 0 unspecified atom stereocenters. The van der Waals surface area contributed by atoms with Gasteiger partial charge in [0, 0.05) is 38.2 Å². The van der Waals surface area contributed by atoms with E-state index in [-0.39, 0.29) is 55.6 Å². The molecule has 3 N–H and O–H groups in total. The SMILES string of the molecule is CC(C)C[C@H]1NC(=O)CCCN(C(=O)[C@H]2CCCO2)CCNC(=O)Cn2nc(-c3ccccc3)nc2[C@H](C)NC1=O. The molecule has 3 atom stereocenters. The third-order valence-corrected chi connectivity index (χ3v) is 7.18. The van der Waals surface area contributed by atoms with Crippen LogP contribution in [-0.2, 0) is 30.5 Å². The van der Waals surface area contributed by atoms with Gasteiger partial charge in [-0.3, -0.25) is 19.2 Å². The van der Waals surface area contributed by atoms with Crippen molar-refractivity contribution in [2.45, 2.75) is 77.6 Å². The Morgan fingerprint density at radius 1 is 1.07 bits per heavy atom. The maximum absolute atomic E-state index is 13.4. The number of carbonyl (C=O) groups is 4. The number of hydrogen-bond acceptors (Lipinski definition) is 7. The molecule has 1 fully saturated rings. The van der Waals surface area contributed by atoms with Gasteiger partial charge in [0.05, 0.1) is 6.04 Å². The van der Waals surface area contributed by atoms with Crippen LogP contribution in [0.2, 0.25) is 0 Å². The summed E-state index contributed by atoms with van der Waals surface area (Å²) >= 11 is 0.